The molecule has 1 heterocycles. The van der Waals surface area contributed by atoms with Gasteiger partial charge in [0, 0.05) is 16.9 Å². The van der Waals surface area contributed by atoms with Crippen LogP contribution in [0.5, 0.6) is 5.75 Å². The summed E-state index contributed by atoms with van der Waals surface area (Å²) >= 11 is 0. The second-order valence-corrected chi connectivity index (χ2v) is 9.34. The van der Waals surface area contributed by atoms with Crippen molar-refractivity contribution in [2.75, 3.05) is 23.8 Å². The lowest BCUT2D eigenvalue weighted by Gasteiger charge is -2.28. The van der Waals surface area contributed by atoms with Gasteiger partial charge in [-0.2, -0.15) is 0 Å². The second-order valence-electron chi connectivity index (χ2n) is 9.34. The molecular weight excluding hydrogens is 520 g/mol. The number of nitrogens with one attached hydrogen (secondary N) is 3. The van der Waals surface area contributed by atoms with Crippen LogP contribution in [-0.4, -0.2) is 41.8 Å². The summed E-state index contributed by atoms with van der Waals surface area (Å²) in [4.78, 5) is 53.2. The van der Waals surface area contributed by atoms with Crippen molar-refractivity contribution < 1.29 is 23.9 Å². The Morgan fingerprint density at radius 2 is 1.29 bits per heavy atom. The molecule has 4 aromatic rings. The van der Waals surface area contributed by atoms with E-state index in [4.69, 9.17) is 4.74 Å². The van der Waals surface area contributed by atoms with E-state index >= 15 is 0 Å². The molecule has 0 radical (unpaired) electrons. The molecule has 0 spiro atoms. The molecule has 206 valence electrons. The van der Waals surface area contributed by atoms with Crippen LogP contribution in [0.4, 0.5) is 16.2 Å². The van der Waals surface area contributed by atoms with Crippen molar-refractivity contribution in [3.8, 4) is 5.75 Å². The standard InChI is InChI=1S/C32H28N4O5/c1-2-41-27-19-17-26(18-20-27)34-29(38)22-13-15-25(16-14-22)33-28(37)21-36-30(39)32(35-31(36)40,23-9-5-3-6-10-23)24-11-7-4-8-12-24/h3-20H,2,21H2,1H3,(H,33,37)(H,34,38)(H,35,40). The van der Waals surface area contributed by atoms with Crippen molar-refractivity contribution in [1.82, 2.24) is 10.2 Å². The smallest absolute Gasteiger partial charge is 0.326 e. The summed E-state index contributed by atoms with van der Waals surface area (Å²) in [5.41, 5.74) is 1.15. The summed E-state index contributed by atoms with van der Waals surface area (Å²) in [6, 6.07) is 30.5. The van der Waals surface area contributed by atoms with Gasteiger partial charge in [-0.25, -0.2) is 4.79 Å². The molecule has 5 rings (SSSR count). The van der Waals surface area contributed by atoms with Gasteiger partial charge < -0.3 is 20.7 Å². The molecule has 0 saturated carbocycles. The second kappa shape index (κ2) is 11.7. The molecule has 0 bridgehead atoms. The Bertz CT molecular complexity index is 1520. The molecule has 1 fully saturated rings. The SMILES string of the molecule is CCOc1ccc(NC(=O)c2ccc(NC(=O)CN3C(=O)NC(c4ccccc4)(c4ccccc4)C3=O)cc2)cc1. The van der Waals surface area contributed by atoms with E-state index in [1.165, 1.54) is 0 Å². The zero-order valence-corrected chi connectivity index (χ0v) is 22.3. The fourth-order valence-corrected chi connectivity index (χ4v) is 4.71. The highest BCUT2D eigenvalue weighted by Crippen LogP contribution is 2.36. The van der Waals surface area contributed by atoms with Crippen LogP contribution in [0.25, 0.3) is 0 Å². The van der Waals surface area contributed by atoms with E-state index in [0.29, 0.717) is 40.4 Å². The number of carbonyl (C=O) groups is 4. The van der Waals surface area contributed by atoms with Gasteiger partial charge in [-0.3, -0.25) is 19.3 Å². The Morgan fingerprint density at radius 1 is 0.756 bits per heavy atom. The predicted octanol–water partition coefficient (Wildman–Crippen LogP) is 4.77. The number of amides is 5. The first-order chi connectivity index (χ1) is 19.9. The molecule has 0 unspecified atom stereocenters. The molecule has 0 aliphatic carbocycles. The first-order valence-electron chi connectivity index (χ1n) is 13.1. The van der Waals surface area contributed by atoms with Crippen LogP contribution >= 0.6 is 0 Å². The van der Waals surface area contributed by atoms with Crippen molar-refractivity contribution in [3.05, 3.63) is 126 Å². The number of hydrogen-bond donors (Lipinski definition) is 3. The highest BCUT2D eigenvalue weighted by Gasteiger charge is 2.54. The van der Waals surface area contributed by atoms with Crippen LogP contribution in [-0.2, 0) is 15.1 Å². The van der Waals surface area contributed by atoms with Gasteiger partial charge in [-0.05, 0) is 66.6 Å². The number of anilines is 2. The summed E-state index contributed by atoms with van der Waals surface area (Å²) in [6.45, 7) is 1.97. The summed E-state index contributed by atoms with van der Waals surface area (Å²) in [6.07, 6.45) is 0. The van der Waals surface area contributed by atoms with Crippen molar-refractivity contribution in [2.45, 2.75) is 12.5 Å². The molecule has 1 aliphatic rings. The Labute approximate surface area is 237 Å². The van der Waals surface area contributed by atoms with Gasteiger partial charge in [0.25, 0.3) is 11.8 Å². The maximum Gasteiger partial charge on any atom is 0.326 e. The summed E-state index contributed by atoms with van der Waals surface area (Å²) < 4.78 is 5.41. The summed E-state index contributed by atoms with van der Waals surface area (Å²) in [7, 11) is 0. The summed E-state index contributed by atoms with van der Waals surface area (Å²) in [5, 5.41) is 8.33. The first-order valence-corrected chi connectivity index (χ1v) is 13.1. The maximum atomic E-state index is 13.8. The number of imide groups is 1. The third kappa shape index (κ3) is 5.65. The number of carbonyl (C=O) groups excluding carboxylic acids is 4. The van der Waals surface area contributed by atoms with Crippen LogP contribution in [0.1, 0.15) is 28.4 Å². The van der Waals surface area contributed by atoms with Crippen molar-refractivity contribution in [1.29, 1.82) is 0 Å². The summed E-state index contributed by atoms with van der Waals surface area (Å²) in [5.74, 6) is -0.706. The Balaban J connectivity index is 1.25. The monoisotopic (exact) mass is 548 g/mol. The largest absolute Gasteiger partial charge is 0.494 e. The minimum Gasteiger partial charge on any atom is -0.494 e. The van der Waals surface area contributed by atoms with Gasteiger partial charge in [0.2, 0.25) is 5.91 Å². The zero-order valence-electron chi connectivity index (χ0n) is 22.3. The Kier molecular flexibility index (Phi) is 7.78. The fourth-order valence-electron chi connectivity index (χ4n) is 4.71. The minimum absolute atomic E-state index is 0.315. The lowest BCUT2D eigenvalue weighted by Crippen LogP contribution is -2.45. The third-order valence-corrected chi connectivity index (χ3v) is 6.67. The molecule has 1 aliphatic heterocycles. The van der Waals surface area contributed by atoms with E-state index in [-0.39, 0.29) is 5.91 Å². The molecule has 0 aromatic heterocycles. The molecule has 5 amide bonds. The molecular formula is C32H28N4O5. The van der Waals surface area contributed by atoms with Crippen molar-refractivity contribution in [2.24, 2.45) is 0 Å². The van der Waals surface area contributed by atoms with E-state index in [1.54, 1.807) is 97.1 Å². The molecule has 1 saturated heterocycles. The average molecular weight is 549 g/mol. The maximum absolute atomic E-state index is 13.8. The molecule has 41 heavy (non-hydrogen) atoms. The van der Waals surface area contributed by atoms with E-state index in [2.05, 4.69) is 16.0 Å². The number of rotatable bonds is 9. The van der Waals surface area contributed by atoms with Gasteiger partial charge in [0.1, 0.15) is 12.3 Å². The van der Waals surface area contributed by atoms with E-state index < -0.39 is 29.9 Å². The number of nitrogens with zero attached hydrogens (tertiary/aromatic N) is 1. The van der Waals surface area contributed by atoms with Gasteiger partial charge in [0.05, 0.1) is 6.61 Å². The first kappa shape index (κ1) is 27.1. The molecule has 0 atom stereocenters. The fraction of sp³-hybridized carbons (Fsp3) is 0.125. The van der Waals surface area contributed by atoms with E-state index in [1.807, 2.05) is 19.1 Å². The van der Waals surface area contributed by atoms with Gasteiger partial charge in [-0.15, -0.1) is 0 Å². The molecule has 4 aromatic carbocycles. The molecule has 3 N–H and O–H groups in total. The van der Waals surface area contributed by atoms with Gasteiger partial charge >= 0.3 is 6.03 Å². The van der Waals surface area contributed by atoms with Crippen molar-refractivity contribution >= 4 is 35.1 Å². The van der Waals surface area contributed by atoms with E-state index in [0.717, 1.165) is 4.90 Å². The van der Waals surface area contributed by atoms with Crippen LogP contribution in [0.15, 0.2) is 109 Å². The lowest BCUT2D eigenvalue weighted by molar-refractivity contribution is -0.133. The van der Waals surface area contributed by atoms with Crippen LogP contribution in [0.2, 0.25) is 0 Å². The van der Waals surface area contributed by atoms with E-state index in [9.17, 15) is 19.2 Å². The highest BCUT2D eigenvalue weighted by atomic mass is 16.5. The zero-order chi connectivity index (χ0) is 28.8. The van der Waals surface area contributed by atoms with Crippen LogP contribution in [0.3, 0.4) is 0 Å². The molecule has 9 nitrogen and oxygen atoms in total. The van der Waals surface area contributed by atoms with Gasteiger partial charge in [-0.1, -0.05) is 60.7 Å². The number of urea groups is 1. The number of hydrogen-bond acceptors (Lipinski definition) is 5. The van der Waals surface area contributed by atoms with Gasteiger partial charge in [0.15, 0.2) is 5.54 Å². The van der Waals surface area contributed by atoms with Crippen LogP contribution in [0, 0.1) is 0 Å². The van der Waals surface area contributed by atoms with Crippen molar-refractivity contribution in [3.63, 3.8) is 0 Å². The quantitative estimate of drug-likeness (QED) is 0.261. The average Bonchev–Trinajstić information content (AvgIpc) is 3.25. The lowest BCUT2D eigenvalue weighted by atomic mass is 9.82. The molecule has 9 heteroatoms. The minimum atomic E-state index is -1.45. The topological polar surface area (TPSA) is 117 Å². The Morgan fingerprint density at radius 3 is 1.85 bits per heavy atom. The third-order valence-electron chi connectivity index (χ3n) is 6.67. The normalized spacial score (nSPS) is 13.8. The number of ether oxygens (including phenoxy) is 1. The highest BCUT2D eigenvalue weighted by molar-refractivity contribution is 6.12. The number of benzene rings is 4. The Hall–Kier alpha value is -5.44. The van der Waals surface area contributed by atoms with Crippen LogP contribution < -0.4 is 20.7 Å². The predicted molar refractivity (Wildman–Crippen MR) is 155 cm³/mol.